The lowest BCUT2D eigenvalue weighted by molar-refractivity contribution is -0.116. The number of carbonyl (C=O) groups is 1. The van der Waals surface area contributed by atoms with E-state index in [0.29, 0.717) is 30.5 Å². The van der Waals surface area contributed by atoms with Gasteiger partial charge in [-0.05, 0) is 36.4 Å². The predicted octanol–water partition coefficient (Wildman–Crippen LogP) is 3.13. The lowest BCUT2D eigenvalue weighted by Gasteiger charge is -2.08. The summed E-state index contributed by atoms with van der Waals surface area (Å²) in [5.41, 5.74) is 0.00666. The summed E-state index contributed by atoms with van der Waals surface area (Å²) in [5, 5.41) is 8.75. The quantitative estimate of drug-likeness (QED) is 0.400. The van der Waals surface area contributed by atoms with Crippen molar-refractivity contribution in [3.63, 3.8) is 0 Å². The van der Waals surface area contributed by atoms with E-state index in [9.17, 15) is 13.6 Å². The molecule has 7 nitrogen and oxygen atoms in total. The Balaban J connectivity index is 1.44. The van der Waals surface area contributed by atoms with Gasteiger partial charge in [0, 0.05) is 37.0 Å². The van der Waals surface area contributed by atoms with E-state index in [-0.39, 0.29) is 5.56 Å². The predicted molar refractivity (Wildman–Crippen MR) is 106 cm³/mol. The van der Waals surface area contributed by atoms with Gasteiger partial charge in [0.15, 0.2) is 0 Å². The van der Waals surface area contributed by atoms with Crippen LogP contribution in [0.1, 0.15) is 5.56 Å². The van der Waals surface area contributed by atoms with Gasteiger partial charge in [-0.1, -0.05) is 6.07 Å². The maximum atomic E-state index is 13.5. The van der Waals surface area contributed by atoms with Crippen LogP contribution in [0, 0.1) is 11.6 Å². The zero-order valence-corrected chi connectivity index (χ0v) is 15.3. The number of anilines is 3. The van der Waals surface area contributed by atoms with E-state index < -0.39 is 17.5 Å². The molecule has 0 bridgehead atoms. The minimum absolute atomic E-state index is 0.00666. The summed E-state index contributed by atoms with van der Waals surface area (Å²) < 4.78 is 26.6. The van der Waals surface area contributed by atoms with Gasteiger partial charge in [-0.3, -0.25) is 4.79 Å². The molecule has 3 N–H and O–H groups in total. The van der Waals surface area contributed by atoms with Crippen LogP contribution < -0.4 is 16.0 Å². The smallest absolute Gasteiger partial charge is 0.244 e. The van der Waals surface area contributed by atoms with E-state index in [1.54, 1.807) is 12.3 Å². The van der Waals surface area contributed by atoms with Crippen molar-refractivity contribution in [2.75, 3.05) is 23.7 Å². The Morgan fingerprint density at radius 1 is 0.966 bits per heavy atom. The molecule has 0 fully saturated rings. The fourth-order valence-electron chi connectivity index (χ4n) is 2.33. The third-order valence-corrected chi connectivity index (χ3v) is 3.69. The van der Waals surface area contributed by atoms with E-state index in [1.807, 2.05) is 18.2 Å². The first-order valence-corrected chi connectivity index (χ1v) is 8.75. The van der Waals surface area contributed by atoms with Crippen molar-refractivity contribution >= 4 is 29.4 Å². The molecule has 148 valence electrons. The second-order valence-electron chi connectivity index (χ2n) is 5.85. The molecule has 2 aromatic heterocycles. The molecule has 1 amide bonds. The average Bonchev–Trinajstić information content (AvgIpc) is 2.73. The van der Waals surface area contributed by atoms with Crippen LogP contribution in [0.3, 0.4) is 0 Å². The number of carbonyl (C=O) groups excluding carboxylic acids is 1. The maximum absolute atomic E-state index is 13.5. The number of benzene rings is 1. The SMILES string of the molecule is O=C(/C=C/c1cc(F)ccc1F)NCCNc1cc(Nc2ccccn2)ncn1. The van der Waals surface area contributed by atoms with Crippen LogP contribution in [0.15, 0.2) is 61.1 Å². The third-order valence-electron chi connectivity index (χ3n) is 3.69. The van der Waals surface area contributed by atoms with Crippen LogP contribution in [-0.4, -0.2) is 33.9 Å². The molecule has 0 saturated carbocycles. The van der Waals surface area contributed by atoms with Gasteiger partial charge >= 0.3 is 0 Å². The number of pyridine rings is 1. The Kier molecular flexibility index (Phi) is 6.77. The molecule has 0 atom stereocenters. The number of amides is 1. The third kappa shape index (κ3) is 6.35. The second kappa shape index (κ2) is 9.88. The Bertz CT molecular complexity index is 997. The molecule has 9 heteroatoms. The first-order valence-electron chi connectivity index (χ1n) is 8.75. The molecule has 29 heavy (non-hydrogen) atoms. The molecular formula is C20H18F2N6O. The standard InChI is InChI=1S/C20H18F2N6O/c21-15-5-6-16(22)14(11-15)4-7-20(29)25-10-9-24-18-12-19(27-13-26-18)28-17-3-1-2-8-23-17/h1-8,11-13H,9-10H2,(H,25,29)(H2,23,24,26,27,28)/b7-4+. The lowest BCUT2D eigenvalue weighted by atomic mass is 10.2. The molecule has 2 heterocycles. The normalized spacial score (nSPS) is 10.7. The van der Waals surface area contributed by atoms with Crippen molar-refractivity contribution < 1.29 is 13.6 Å². The molecule has 0 aliphatic rings. The number of rotatable bonds is 8. The van der Waals surface area contributed by atoms with Crippen LogP contribution in [0.25, 0.3) is 6.08 Å². The summed E-state index contributed by atoms with van der Waals surface area (Å²) in [6.45, 7) is 0.718. The van der Waals surface area contributed by atoms with Crippen molar-refractivity contribution in [3.8, 4) is 0 Å². The van der Waals surface area contributed by atoms with Crippen molar-refractivity contribution in [2.45, 2.75) is 0 Å². The molecule has 0 spiro atoms. The van der Waals surface area contributed by atoms with Gasteiger partial charge in [-0.15, -0.1) is 0 Å². The van der Waals surface area contributed by atoms with E-state index in [1.165, 1.54) is 12.4 Å². The van der Waals surface area contributed by atoms with Gasteiger partial charge in [-0.2, -0.15) is 0 Å². The van der Waals surface area contributed by atoms with E-state index in [4.69, 9.17) is 0 Å². The highest BCUT2D eigenvalue weighted by Crippen LogP contribution is 2.13. The zero-order valence-electron chi connectivity index (χ0n) is 15.3. The van der Waals surface area contributed by atoms with Crippen molar-refractivity contribution in [2.24, 2.45) is 0 Å². The van der Waals surface area contributed by atoms with Crippen molar-refractivity contribution in [1.82, 2.24) is 20.3 Å². The Labute approximate surface area is 165 Å². The monoisotopic (exact) mass is 396 g/mol. The number of nitrogens with zero attached hydrogens (tertiary/aromatic N) is 3. The summed E-state index contributed by atoms with van der Waals surface area (Å²) >= 11 is 0. The van der Waals surface area contributed by atoms with Crippen molar-refractivity contribution in [1.29, 1.82) is 0 Å². The molecule has 0 radical (unpaired) electrons. The lowest BCUT2D eigenvalue weighted by Crippen LogP contribution is -2.27. The highest BCUT2D eigenvalue weighted by Gasteiger charge is 2.03. The van der Waals surface area contributed by atoms with Gasteiger partial charge in [-0.25, -0.2) is 23.7 Å². The summed E-state index contributed by atoms with van der Waals surface area (Å²) in [6.07, 6.45) is 5.45. The number of hydrogen-bond donors (Lipinski definition) is 3. The summed E-state index contributed by atoms with van der Waals surface area (Å²) in [6, 6.07) is 10.2. The minimum atomic E-state index is -0.601. The summed E-state index contributed by atoms with van der Waals surface area (Å²) in [4.78, 5) is 24.2. The maximum Gasteiger partial charge on any atom is 0.244 e. The van der Waals surface area contributed by atoms with Gasteiger partial charge < -0.3 is 16.0 Å². The topological polar surface area (TPSA) is 91.8 Å². The highest BCUT2D eigenvalue weighted by atomic mass is 19.1. The largest absolute Gasteiger partial charge is 0.368 e. The first kappa shape index (κ1) is 19.9. The molecular weight excluding hydrogens is 378 g/mol. The van der Waals surface area contributed by atoms with Gasteiger partial charge in [0.25, 0.3) is 0 Å². The van der Waals surface area contributed by atoms with Gasteiger partial charge in [0.2, 0.25) is 5.91 Å². The molecule has 1 aromatic carbocycles. The second-order valence-corrected chi connectivity index (χ2v) is 5.85. The highest BCUT2D eigenvalue weighted by molar-refractivity contribution is 5.91. The number of halogens is 2. The van der Waals surface area contributed by atoms with E-state index in [0.717, 1.165) is 24.3 Å². The van der Waals surface area contributed by atoms with Gasteiger partial charge in [0.1, 0.15) is 35.4 Å². The Morgan fingerprint density at radius 2 is 1.83 bits per heavy atom. The van der Waals surface area contributed by atoms with Crippen LogP contribution in [0.4, 0.5) is 26.2 Å². The van der Waals surface area contributed by atoms with E-state index >= 15 is 0 Å². The molecule has 0 aliphatic heterocycles. The molecule has 0 unspecified atom stereocenters. The fraction of sp³-hybridized carbons (Fsp3) is 0.100. The fourth-order valence-corrected chi connectivity index (χ4v) is 2.33. The van der Waals surface area contributed by atoms with Crippen LogP contribution in [-0.2, 0) is 4.79 Å². The van der Waals surface area contributed by atoms with Crippen LogP contribution in [0.2, 0.25) is 0 Å². The minimum Gasteiger partial charge on any atom is -0.368 e. The number of nitrogens with one attached hydrogen (secondary N) is 3. The van der Waals surface area contributed by atoms with Gasteiger partial charge in [0.05, 0.1) is 0 Å². The zero-order chi connectivity index (χ0) is 20.5. The van der Waals surface area contributed by atoms with E-state index in [2.05, 4.69) is 30.9 Å². The Hall–Kier alpha value is -3.88. The Morgan fingerprint density at radius 3 is 2.66 bits per heavy atom. The van der Waals surface area contributed by atoms with Crippen LogP contribution in [0.5, 0.6) is 0 Å². The van der Waals surface area contributed by atoms with Crippen molar-refractivity contribution in [3.05, 3.63) is 78.3 Å². The summed E-state index contributed by atoms with van der Waals surface area (Å²) in [5.74, 6) is 0.213. The number of aromatic nitrogens is 3. The molecule has 3 rings (SSSR count). The molecule has 0 aliphatic carbocycles. The first-order chi connectivity index (χ1) is 14.1. The van der Waals surface area contributed by atoms with Crippen LogP contribution >= 0.6 is 0 Å². The molecule has 3 aromatic rings. The average molecular weight is 396 g/mol. The summed E-state index contributed by atoms with van der Waals surface area (Å²) in [7, 11) is 0. The number of hydrogen-bond acceptors (Lipinski definition) is 6. The molecule has 0 saturated heterocycles.